The van der Waals surface area contributed by atoms with Gasteiger partial charge in [-0.3, -0.25) is 0 Å². The molecule has 1 aliphatic rings. The van der Waals surface area contributed by atoms with Gasteiger partial charge in [-0.25, -0.2) is 4.98 Å². The molecule has 0 fully saturated rings. The smallest absolute Gasteiger partial charge is 0.377 e. The number of aromatic nitrogens is 1. The Morgan fingerprint density at radius 2 is 2.21 bits per heavy atom. The predicted octanol–water partition coefficient (Wildman–Crippen LogP) is 3.25. The Kier molecular flexibility index (Phi) is 4.42. The first-order valence-corrected chi connectivity index (χ1v) is 6.09. The number of rotatable bonds is 4. The van der Waals surface area contributed by atoms with Gasteiger partial charge in [-0.15, -0.1) is 0 Å². The van der Waals surface area contributed by atoms with Crippen LogP contribution in [0.2, 0.25) is 0 Å². The second kappa shape index (κ2) is 6.06. The van der Waals surface area contributed by atoms with Crippen molar-refractivity contribution in [1.29, 1.82) is 0 Å². The molecule has 0 aromatic carbocycles. The van der Waals surface area contributed by atoms with Crippen molar-refractivity contribution in [1.82, 2.24) is 4.98 Å². The van der Waals surface area contributed by atoms with Crippen LogP contribution in [-0.2, 0) is 10.9 Å². The molecule has 2 rings (SSSR count). The van der Waals surface area contributed by atoms with Crippen molar-refractivity contribution in [3.8, 4) is 0 Å². The molecule has 0 bridgehead atoms. The standard InChI is InChI=1S/C13H15F3N2O/c14-13(15,16)11-2-1-6-17-12(11)18-7-3-10-4-8-19-9-5-10/h1-2,4,6H,3,5,7-9H2,(H,17,18). The van der Waals surface area contributed by atoms with Crippen LogP contribution in [0.15, 0.2) is 30.0 Å². The molecule has 0 amide bonds. The van der Waals surface area contributed by atoms with Gasteiger partial charge >= 0.3 is 6.18 Å². The lowest BCUT2D eigenvalue weighted by Crippen LogP contribution is -2.14. The summed E-state index contributed by atoms with van der Waals surface area (Å²) in [6.07, 6.45) is 0.501. The number of pyridine rings is 1. The fraction of sp³-hybridized carbons (Fsp3) is 0.462. The normalized spacial score (nSPS) is 16.1. The second-order valence-corrected chi connectivity index (χ2v) is 4.26. The fourth-order valence-electron chi connectivity index (χ4n) is 1.91. The lowest BCUT2D eigenvalue weighted by molar-refractivity contribution is -0.137. The summed E-state index contributed by atoms with van der Waals surface area (Å²) in [5, 5.41) is 2.75. The minimum Gasteiger partial charge on any atom is -0.377 e. The van der Waals surface area contributed by atoms with E-state index in [1.807, 2.05) is 6.08 Å². The average molecular weight is 272 g/mol. The van der Waals surface area contributed by atoms with Gasteiger partial charge in [-0.05, 0) is 25.0 Å². The first kappa shape index (κ1) is 13.9. The van der Waals surface area contributed by atoms with Crippen molar-refractivity contribution in [2.45, 2.75) is 19.0 Å². The molecule has 19 heavy (non-hydrogen) atoms. The average Bonchev–Trinajstić information content (AvgIpc) is 2.39. The molecule has 1 aromatic rings. The number of hydrogen-bond acceptors (Lipinski definition) is 3. The number of halogens is 3. The Morgan fingerprint density at radius 3 is 2.89 bits per heavy atom. The summed E-state index contributed by atoms with van der Waals surface area (Å²) in [6, 6.07) is 2.32. The number of nitrogens with one attached hydrogen (secondary N) is 1. The summed E-state index contributed by atoms with van der Waals surface area (Å²) in [5.74, 6) is -0.109. The summed E-state index contributed by atoms with van der Waals surface area (Å²) < 4.78 is 43.3. The van der Waals surface area contributed by atoms with Crippen molar-refractivity contribution < 1.29 is 17.9 Å². The Morgan fingerprint density at radius 1 is 1.37 bits per heavy atom. The molecule has 0 saturated carbocycles. The van der Waals surface area contributed by atoms with Gasteiger partial charge in [0.25, 0.3) is 0 Å². The Hall–Kier alpha value is -1.56. The number of alkyl halides is 3. The zero-order valence-corrected chi connectivity index (χ0v) is 10.3. The third-order valence-corrected chi connectivity index (χ3v) is 2.91. The van der Waals surface area contributed by atoms with Gasteiger partial charge in [0.1, 0.15) is 5.82 Å². The summed E-state index contributed by atoms with van der Waals surface area (Å²) in [7, 11) is 0. The molecule has 0 radical (unpaired) electrons. The topological polar surface area (TPSA) is 34.2 Å². The van der Waals surface area contributed by atoms with Crippen LogP contribution < -0.4 is 5.32 Å². The molecule has 0 unspecified atom stereocenters. The molecule has 1 aromatic heterocycles. The van der Waals surface area contributed by atoms with Crippen molar-refractivity contribution >= 4 is 5.82 Å². The highest BCUT2D eigenvalue weighted by atomic mass is 19.4. The van der Waals surface area contributed by atoms with Crippen LogP contribution in [0.5, 0.6) is 0 Å². The highest BCUT2D eigenvalue weighted by molar-refractivity contribution is 5.45. The zero-order valence-electron chi connectivity index (χ0n) is 10.3. The number of nitrogens with zero attached hydrogens (tertiary/aromatic N) is 1. The lowest BCUT2D eigenvalue weighted by atomic mass is 10.1. The molecule has 1 aliphatic heterocycles. The third kappa shape index (κ3) is 3.96. The van der Waals surface area contributed by atoms with Gasteiger partial charge in [0.15, 0.2) is 0 Å². The largest absolute Gasteiger partial charge is 0.419 e. The summed E-state index contributed by atoms with van der Waals surface area (Å²) in [6.45, 7) is 1.71. The summed E-state index contributed by atoms with van der Waals surface area (Å²) >= 11 is 0. The monoisotopic (exact) mass is 272 g/mol. The maximum absolute atomic E-state index is 12.7. The van der Waals surface area contributed by atoms with Crippen LogP contribution in [0.25, 0.3) is 0 Å². The van der Waals surface area contributed by atoms with Crippen LogP contribution in [-0.4, -0.2) is 24.7 Å². The molecule has 0 spiro atoms. The van der Waals surface area contributed by atoms with E-state index in [4.69, 9.17) is 4.74 Å². The van der Waals surface area contributed by atoms with E-state index in [2.05, 4.69) is 10.3 Å². The highest BCUT2D eigenvalue weighted by Crippen LogP contribution is 2.33. The first-order chi connectivity index (χ1) is 9.07. The highest BCUT2D eigenvalue weighted by Gasteiger charge is 2.33. The van der Waals surface area contributed by atoms with Gasteiger partial charge < -0.3 is 10.1 Å². The molecular formula is C13H15F3N2O. The van der Waals surface area contributed by atoms with E-state index in [1.165, 1.54) is 17.8 Å². The number of ether oxygens (including phenoxy) is 1. The first-order valence-electron chi connectivity index (χ1n) is 6.09. The minimum absolute atomic E-state index is 0.109. The van der Waals surface area contributed by atoms with Crippen LogP contribution in [0, 0.1) is 0 Å². The van der Waals surface area contributed by atoms with Crippen LogP contribution in [0.3, 0.4) is 0 Å². The Balaban J connectivity index is 1.94. The molecule has 2 heterocycles. The fourth-order valence-corrected chi connectivity index (χ4v) is 1.91. The van der Waals surface area contributed by atoms with Crippen molar-refractivity contribution in [2.75, 3.05) is 25.1 Å². The van der Waals surface area contributed by atoms with E-state index in [0.29, 0.717) is 26.2 Å². The van der Waals surface area contributed by atoms with E-state index < -0.39 is 11.7 Å². The Bertz CT molecular complexity index is 457. The molecule has 6 heteroatoms. The maximum atomic E-state index is 12.7. The predicted molar refractivity (Wildman–Crippen MR) is 65.9 cm³/mol. The molecular weight excluding hydrogens is 257 g/mol. The van der Waals surface area contributed by atoms with Crippen molar-refractivity contribution in [3.05, 3.63) is 35.5 Å². The van der Waals surface area contributed by atoms with E-state index in [-0.39, 0.29) is 5.82 Å². The van der Waals surface area contributed by atoms with Gasteiger partial charge in [0.2, 0.25) is 0 Å². The quantitative estimate of drug-likeness (QED) is 0.854. The van der Waals surface area contributed by atoms with E-state index >= 15 is 0 Å². The minimum atomic E-state index is -4.38. The van der Waals surface area contributed by atoms with E-state index in [9.17, 15) is 13.2 Å². The Labute approximate surface area is 109 Å². The van der Waals surface area contributed by atoms with E-state index in [1.54, 1.807) is 0 Å². The van der Waals surface area contributed by atoms with E-state index in [0.717, 1.165) is 12.5 Å². The maximum Gasteiger partial charge on any atom is 0.419 e. The van der Waals surface area contributed by atoms with Gasteiger partial charge in [-0.1, -0.05) is 11.6 Å². The zero-order chi connectivity index (χ0) is 13.7. The molecule has 104 valence electrons. The molecule has 0 aliphatic carbocycles. The molecule has 0 saturated heterocycles. The SMILES string of the molecule is FC(F)(F)c1cccnc1NCCC1=CCOCC1. The second-order valence-electron chi connectivity index (χ2n) is 4.26. The third-order valence-electron chi connectivity index (χ3n) is 2.91. The number of hydrogen-bond donors (Lipinski definition) is 1. The van der Waals surface area contributed by atoms with Gasteiger partial charge in [0, 0.05) is 12.7 Å². The summed E-state index contributed by atoms with van der Waals surface area (Å²) in [4.78, 5) is 3.75. The van der Waals surface area contributed by atoms with Gasteiger partial charge in [0.05, 0.1) is 18.8 Å². The van der Waals surface area contributed by atoms with Crippen molar-refractivity contribution in [2.24, 2.45) is 0 Å². The molecule has 3 nitrogen and oxygen atoms in total. The number of anilines is 1. The van der Waals surface area contributed by atoms with Crippen LogP contribution >= 0.6 is 0 Å². The van der Waals surface area contributed by atoms with Gasteiger partial charge in [-0.2, -0.15) is 13.2 Å². The van der Waals surface area contributed by atoms with Crippen LogP contribution in [0.1, 0.15) is 18.4 Å². The molecule has 1 N–H and O–H groups in total. The lowest BCUT2D eigenvalue weighted by Gasteiger charge is -2.15. The van der Waals surface area contributed by atoms with Crippen molar-refractivity contribution in [3.63, 3.8) is 0 Å². The summed E-state index contributed by atoms with van der Waals surface area (Å²) in [5.41, 5.74) is 0.485. The molecule has 0 atom stereocenters. The van der Waals surface area contributed by atoms with Crippen LogP contribution in [0.4, 0.5) is 19.0 Å².